The lowest BCUT2D eigenvalue weighted by molar-refractivity contribution is 0.103. The lowest BCUT2D eigenvalue weighted by atomic mass is 10.0. The zero-order chi connectivity index (χ0) is 17.3. The molecule has 1 N–H and O–H groups in total. The lowest BCUT2D eigenvalue weighted by Crippen LogP contribution is -2.40. The number of carbonyl (C=O) groups is 1. The van der Waals surface area contributed by atoms with Crippen LogP contribution in [0.5, 0.6) is 0 Å². The summed E-state index contributed by atoms with van der Waals surface area (Å²) < 4.78 is 27.0. The first kappa shape index (κ1) is 17.7. The molecule has 0 amide bonds. The van der Waals surface area contributed by atoms with Crippen molar-refractivity contribution in [3.05, 3.63) is 64.7 Å². The Morgan fingerprint density at radius 3 is 1.78 bits per heavy atom. The van der Waals surface area contributed by atoms with Crippen molar-refractivity contribution < 1.29 is 13.2 Å². The first-order valence-corrected chi connectivity index (χ1v) is 8.89. The third-order valence-corrected chi connectivity index (χ3v) is 5.00. The summed E-state index contributed by atoms with van der Waals surface area (Å²) in [5.74, 6) is -0.186. The van der Waals surface area contributed by atoms with Gasteiger partial charge >= 0.3 is 0 Å². The normalized spacial score (nSPS) is 12.2. The van der Waals surface area contributed by atoms with E-state index in [0.29, 0.717) is 16.1 Å². The van der Waals surface area contributed by atoms with Crippen LogP contribution in [0.3, 0.4) is 0 Å². The Labute approximate surface area is 141 Å². The molecule has 0 bridgehead atoms. The van der Waals surface area contributed by atoms with Crippen LogP contribution in [0.15, 0.2) is 53.4 Å². The summed E-state index contributed by atoms with van der Waals surface area (Å²) in [6, 6.07) is 12.4. The molecule has 0 heterocycles. The predicted molar refractivity (Wildman–Crippen MR) is 91.4 cm³/mol. The fourth-order valence-electron chi connectivity index (χ4n) is 2.02. The Hall–Kier alpha value is -1.69. The molecule has 0 radical (unpaired) electrons. The quantitative estimate of drug-likeness (QED) is 0.855. The van der Waals surface area contributed by atoms with Crippen LogP contribution in [0.25, 0.3) is 0 Å². The SMILES string of the molecule is CC(C)(C)NS(=O)(=O)c1ccc(C(=O)c2ccc(Cl)cc2)cc1. The molecular formula is C17H18ClNO3S. The van der Waals surface area contributed by atoms with Gasteiger partial charge in [-0.3, -0.25) is 4.79 Å². The molecule has 4 nitrogen and oxygen atoms in total. The number of hydrogen-bond acceptors (Lipinski definition) is 3. The van der Waals surface area contributed by atoms with Crippen molar-refractivity contribution in [3.8, 4) is 0 Å². The summed E-state index contributed by atoms with van der Waals surface area (Å²) in [6.07, 6.45) is 0. The highest BCUT2D eigenvalue weighted by Crippen LogP contribution is 2.17. The van der Waals surface area contributed by atoms with Gasteiger partial charge in [0.1, 0.15) is 0 Å². The molecule has 0 unspecified atom stereocenters. The first-order chi connectivity index (χ1) is 10.6. The van der Waals surface area contributed by atoms with Crippen LogP contribution in [-0.4, -0.2) is 19.7 Å². The van der Waals surface area contributed by atoms with Gasteiger partial charge < -0.3 is 0 Å². The summed E-state index contributed by atoms with van der Waals surface area (Å²) in [5, 5.41) is 0.552. The van der Waals surface area contributed by atoms with Crippen LogP contribution in [0.4, 0.5) is 0 Å². The monoisotopic (exact) mass is 351 g/mol. The summed E-state index contributed by atoms with van der Waals surface area (Å²) in [7, 11) is -3.61. The minimum absolute atomic E-state index is 0.125. The van der Waals surface area contributed by atoms with Crippen LogP contribution in [0.2, 0.25) is 5.02 Å². The molecule has 2 rings (SSSR count). The third kappa shape index (κ3) is 4.64. The van der Waals surface area contributed by atoms with Crippen LogP contribution in [0.1, 0.15) is 36.7 Å². The average Bonchev–Trinajstić information content (AvgIpc) is 2.45. The minimum Gasteiger partial charge on any atom is -0.289 e. The average molecular weight is 352 g/mol. The van der Waals surface area contributed by atoms with Gasteiger partial charge in [0, 0.05) is 21.7 Å². The maximum absolute atomic E-state index is 12.3. The fraction of sp³-hybridized carbons (Fsp3) is 0.235. The maximum Gasteiger partial charge on any atom is 0.241 e. The van der Waals surface area contributed by atoms with Crippen molar-refractivity contribution in [1.29, 1.82) is 0 Å². The number of carbonyl (C=O) groups excluding carboxylic acids is 1. The van der Waals surface area contributed by atoms with E-state index in [1.54, 1.807) is 45.0 Å². The number of halogens is 1. The standard InChI is InChI=1S/C17H18ClNO3S/c1-17(2,3)19-23(21,22)15-10-6-13(7-11-15)16(20)12-4-8-14(18)9-5-12/h4-11,19H,1-3H3. The number of rotatable bonds is 4. The summed E-state index contributed by atoms with van der Waals surface area (Å²) in [6.45, 7) is 5.30. The zero-order valence-corrected chi connectivity index (χ0v) is 14.7. The molecule has 2 aromatic carbocycles. The number of benzene rings is 2. The van der Waals surface area contributed by atoms with E-state index in [9.17, 15) is 13.2 Å². The number of sulfonamides is 1. The van der Waals surface area contributed by atoms with Crippen LogP contribution >= 0.6 is 11.6 Å². The second-order valence-electron chi connectivity index (χ2n) is 6.22. The van der Waals surface area contributed by atoms with Gasteiger partial charge in [-0.25, -0.2) is 13.1 Å². The molecule has 0 aliphatic heterocycles. The molecule has 0 saturated heterocycles. The van der Waals surface area contributed by atoms with Crippen molar-refractivity contribution in [1.82, 2.24) is 4.72 Å². The summed E-state index contributed by atoms with van der Waals surface area (Å²) in [4.78, 5) is 12.5. The maximum atomic E-state index is 12.3. The van der Waals surface area contributed by atoms with E-state index in [0.717, 1.165) is 0 Å². The first-order valence-electron chi connectivity index (χ1n) is 7.03. The van der Waals surface area contributed by atoms with Crippen molar-refractivity contribution >= 4 is 27.4 Å². The summed E-state index contributed by atoms with van der Waals surface area (Å²) in [5.41, 5.74) is 0.344. The Morgan fingerprint density at radius 1 is 0.913 bits per heavy atom. The van der Waals surface area contributed by atoms with E-state index in [-0.39, 0.29) is 10.7 Å². The fourth-order valence-corrected chi connectivity index (χ4v) is 3.56. The van der Waals surface area contributed by atoms with E-state index in [1.807, 2.05) is 0 Å². The highest BCUT2D eigenvalue weighted by molar-refractivity contribution is 7.89. The molecule has 0 fully saturated rings. The molecule has 0 aliphatic rings. The van der Waals surface area contributed by atoms with Gasteiger partial charge in [-0.15, -0.1) is 0 Å². The van der Waals surface area contributed by atoms with Gasteiger partial charge in [0.05, 0.1) is 4.90 Å². The molecule has 2 aromatic rings. The molecule has 0 aromatic heterocycles. The van der Waals surface area contributed by atoms with Crippen molar-refractivity contribution in [3.63, 3.8) is 0 Å². The van der Waals surface area contributed by atoms with Crippen molar-refractivity contribution in [2.24, 2.45) is 0 Å². The largest absolute Gasteiger partial charge is 0.289 e. The molecule has 122 valence electrons. The Morgan fingerprint density at radius 2 is 1.35 bits per heavy atom. The smallest absolute Gasteiger partial charge is 0.241 e. The van der Waals surface area contributed by atoms with E-state index in [1.165, 1.54) is 24.3 Å². The van der Waals surface area contributed by atoms with Gasteiger partial charge in [-0.1, -0.05) is 11.6 Å². The Balaban J connectivity index is 2.26. The second-order valence-corrected chi connectivity index (χ2v) is 8.33. The Bertz CT molecular complexity index is 804. The highest BCUT2D eigenvalue weighted by Gasteiger charge is 2.22. The topological polar surface area (TPSA) is 63.2 Å². The van der Waals surface area contributed by atoms with Gasteiger partial charge in [-0.2, -0.15) is 0 Å². The summed E-state index contributed by atoms with van der Waals surface area (Å²) >= 11 is 5.80. The van der Waals surface area contributed by atoms with Gasteiger partial charge in [0.15, 0.2) is 5.78 Å². The van der Waals surface area contributed by atoms with Crippen molar-refractivity contribution in [2.75, 3.05) is 0 Å². The molecule has 23 heavy (non-hydrogen) atoms. The molecule has 0 saturated carbocycles. The zero-order valence-electron chi connectivity index (χ0n) is 13.1. The minimum atomic E-state index is -3.61. The Kier molecular flexibility index (Phi) is 4.94. The van der Waals surface area contributed by atoms with Crippen LogP contribution in [-0.2, 0) is 10.0 Å². The van der Waals surface area contributed by atoms with Gasteiger partial charge in [0.25, 0.3) is 0 Å². The lowest BCUT2D eigenvalue weighted by Gasteiger charge is -2.20. The van der Waals surface area contributed by atoms with E-state index in [4.69, 9.17) is 11.6 Å². The molecular weight excluding hydrogens is 334 g/mol. The third-order valence-electron chi connectivity index (χ3n) is 2.97. The number of ketones is 1. The van der Waals surface area contributed by atoms with E-state index in [2.05, 4.69) is 4.72 Å². The molecule has 0 aliphatic carbocycles. The van der Waals surface area contributed by atoms with Gasteiger partial charge in [-0.05, 0) is 69.3 Å². The second kappa shape index (κ2) is 6.43. The van der Waals surface area contributed by atoms with E-state index < -0.39 is 15.6 Å². The molecule has 6 heteroatoms. The molecule has 0 spiro atoms. The predicted octanol–water partition coefficient (Wildman–Crippen LogP) is 3.65. The van der Waals surface area contributed by atoms with Crippen LogP contribution < -0.4 is 4.72 Å². The number of hydrogen-bond donors (Lipinski definition) is 1. The van der Waals surface area contributed by atoms with E-state index >= 15 is 0 Å². The van der Waals surface area contributed by atoms with Crippen molar-refractivity contribution in [2.45, 2.75) is 31.2 Å². The highest BCUT2D eigenvalue weighted by atomic mass is 35.5. The van der Waals surface area contributed by atoms with Gasteiger partial charge in [0.2, 0.25) is 10.0 Å². The molecule has 0 atom stereocenters. The number of nitrogens with one attached hydrogen (secondary N) is 1. The van der Waals surface area contributed by atoms with Crippen LogP contribution in [0, 0.1) is 0 Å².